The van der Waals surface area contributed by atoms with E-state index in [9.17, 15) is 9.59 Å². The van der Waals surface area contributed by atoms with Gasteiger partial charge in [-0.2, -0.15) is 0 Å². The highest BCUT2D eigenvalue weighted by molar-refractivity contribution is 5.99. The van der Waals surface area contributed by atoms with Crippen molar-refractivity contribution in [3.63, 3.8) is 0 Å². The van der Waals surface area contributed by atoms with E-state index in [1.807, 2.05) is 30.3 Å². The number of quaternary nitrogens is 1. The number of carbonyl (C=O) groups is 1. The fourth-order valence-electron chi connectivity index (χ4n) is 4.74. The van der Waals surface area contributed by atoms with Crippen molar-refractivity contribution in [2.45, 2.75) is 12.5 Å². The Morgan fingerprint density at radius 3 is 2.56 bits per heavy atom. The zero-order valence-corrected chi connectivity index (χ0v) is 18.1. The van der Waals surface area contributed by atoms with E-state index < -0.39 is 6.04 Å². The largest absolute Gasteiger partial charge is 0.497 e. The Labute approximate surface area is 186 Å². The number of fused-ring (bicyclic) bond motifs is 2. The molecule has 3 aromatic rings. The van der Waals surface area contributed by atoms with Gasteiger partial charge in [-0.25, -0.2) is 0 Å². The Balaban J connectivity index is 1.51. The first-order valence-electron chi connectivity index (χ1n) is 11.1. The highest BCUT2D eigenvalue weighted by Crippen LogP contribution is 2.38. The number of nitrogens with zero attached hydrogens (tertiary/aromatic N) is 1. The molecule has 1 atom stereocenters. The molecule has 32 heavy (non-hydrogen) atoms. The standard InChI is InChI=1S/C25H26N2O5/c1-30-18-9-7-17(8-10-18)22-21-23(28)19-5-2-3-6-20(19)32-24(21)25(29)27(22)12-4-11-26-13-15-31-16-14-26/h2-3,5-10,22H,4,11-16H2,1H3/p+1/t22-/m0/s1. The van der Waals surface area contributed by atoms with Crippen LogP contribution in [0.2, 0.25) is 0 Å². The number of nitrogens with one attached hydrogen (secondary N) is 1. The summed E-state index contributed by atoms with van der Waals surface area (Å²) in [6.07, 6.45) is 0.843. The van der Waals surface area contributed by atoms with Crippen LogP contribution in [-0.4, -0.2) is 57.3 Å². The third-order valence-corrected chi connectivity index (χ3v) is 6.43. The van der Waals surface area contributed by atoms with Crippen LogP contribution in [0.1, 0.15) is 34.1 Å². The van der Waals surface area contributed by atoms with Crippen molar-refractivity contribution in [2.75, 3.05) is 46.5 Å². The molecule has 5 rings (SSSR count). The molecule has 0 bridgehead atoms. The molecule has 2 aromatic carbocycles. The van der Waals surface area contributed by atoms with Crippen LogP contribution >= 0.6 is 0 Å². The summed E-state index contributed by atoms with van der Waals surface area (Å²) in [5, 5.41) is 0.497. The van der Waals surface area contributed by atoms with Crippen molar-refractivity contribution in [1.29, 1.82) is 0 Å². The van der Waals surface area contributed by atoms with Crippen LogP contribution in [0.25, 0.3) is 11.0 Å². The zero-order chi connectivity index (χ0) is 22.1. The van der Waals surface area contributed by atoms with Gasteiger partial charge in [0.15, 0.2) is 5.43 Å². The molecule has 1 amide bonds. The average Bonchev–Trinajstić information content (AvgIpc) is 3.12. The second-order valence-corrected chi connectivity index (χ2v) is 8.31. The highest BCUT2D eigenvalue weighted by Gasteiger charge is 2.42. The number of hydrogen-bond donors (Lipinski definition) is 1. The number of rotatable bonds is 6. The van der Waals surface area contributed by atoms with Crippen molar-refractivity contribution in [3.05, 3.63) is 75.6 Å². The van der Waals surface area contributed by atoms with Gasteiger partial charge in [0, 0.05) is 13.0 Å². The maximum absolute atomic E-state index is 13.5. The Morgan fingerprint density at radius 2 is 1.81 bits per heavy atom. The molecule has 166 valence electrons. The van der Waals surface area contributed by atoms with Crippen LogP contribution < -0.4 is 15.1 Å². The molecule has 0 saturated carbocycles. The molecule has 7 heteroatoms. The minimum Gasteiger partial charge on any atom is -0.497 e. The molecule has 7 nitrogen and oxygen atoms in total. The summed E-state index contributed by atoms with van der Waals surface area (Å²) in [6.45, 7) is 5.05. The van der Waals surface area contributed by atoms with Gasteiger partial charge in [0.05, 0.1) is 43.9 Å². The van der Waals surface area contributed by atoms with Crippen LogP contribution in [0, 0.1) is 0 Å². The van der Waals surface area contributed by atoms with Crippen molar-refractivity contribution in [1.82, 2.24) is 4.90 Å². The molecule has 1 aromatic heterocycles. The van der Waals surface area contributed by atoms with Crippen LogP contribution in [0.5, 0.6) is 5.75 Å². The summed E-state index contributed by atoms with van der Waals surface area (Å²) in [4.78, 5) is 30.2. The van der Waals surface area contributed by atoms with Crippen LogP contribution in [0.15, 0.2) is 57.7 Å². The first-order chi connectivity index (χ1) is 15.7. The van der Waals surface area contributed by atoms with Crippen molar-refractivity contribution in [3.8, 4) is 5.75 Å². The minimum absolute atomic E-state index is 0.141. The Hall–Kier alpha value is -3.16. The molecule has 0 spiro atoms. The number of benzene rings is 2. The molecule has 1 N–H and O–H groups in total. The molecular formula is C25H27N2O5+. The van der Waals surface area contributed by atoms with Crippen LogP contribution in [0.4, 0.5) is 0 Å². The van der Waals surface area contributed by atoms with E-state index in [0.717, 1.165) is 50.6 Å². The summed E-state index contributed by atoms with van der Waals surface area (Å²) in [6, 6.07) is 14.2. The number of hydrogen-bond acceptors (Lipinski definition) is 5. The number of morpholine rings is 1. The van der Waals surface area contributed by atoms with E-state index in [0.29, 0.717) is 23.1 Å². The van der Waals surface area contributed by atoms with Crippen molar-refractivity contribution >= 4 is 16.9 Å². The predicted octanol–water partition coefficient (Wildman–Crippen LogP) is 1.65. The van der Waals surface area contributed by atoms with Gasteiger partial charge in [0.1, 0.15) is 24.4 Å². The number of para-hydroxylation sites is 1. The van der Waals surface area contributed by atoms with E-state index in [1.165, 1.54) is 4.90 Å². The lowest BCUT2D eigenvalue weighted by Gasteiger charge is -2.27. The molecular weight excluding hydrogens is 408 g/mol. The van der Waals surface area contributed by atoms with Crippen LogP contribution in [-0.2, 0) is 4.74 Å². The highest BCUT2D eigenvalue weighted by atomic mass is 16.5. The van der Waals surface area contributed by atoms with Gasteiger partial charge in [-0.3, -0.25) is 9.59 Å². The zero-order valence-electron chi connectivity index (χ0n) is 18.1. The second kappa shape index (κ2) is 8.76. The van der Waals surface area contributed by atoms with E-state index >= 15 is 0 Å². The van der Waals surface area contributed by atoms with E-state index in [1.54, 1.807) is 30.2 Å². The fourth-order valence-corrected chi connectivity index (χ4v) is 4.74. The van der Waals surface area contributed by atoms with E-state index in [4.69, 9.17) is 13.9 Å². The lowest BCUT2D eigenvalue weighted by Crippen LogP contribution is -3.14. The van der Waals surface area contributed by atoms with Gasteiger partial charge in [-0.05, 0) is 29.8 Å². The SMILES string of the molecule is COc1ccc([C@H]2c3c(oc4ccccc4c3=O)C(=O)N2CCC[NH+]2CCOCC2)cc1. The van der Waals surface area contributed by atoms with E-state index in [-0.39, 0.29) is 17.1 Å². The molecule has 0 aliphatic carbocycles. The summed E-state index contributed by atoms with van der Waals surface area (Å²) >= 11 is 0. The summed E-state index contributed by atoms with van der Waals surface area (Å²) in [7, 11) is 1.62. The van der Waals surface area contributed by atoms with Gasteiger partial charge in [0.25, 0.3) is 5.91 Å². The summed E-state index contributed by atoms with van der Waals surface area (Å²) < 4.78 is 16.7. The third-order valence-electron chi connectivity index (χ3n) is 6.43. The molecule has 1 saturated heterocycles. The third kappa shape index (κ3) is 3.67. The number of methoxy groups -OCH3 is 1. The molecule has 1 fully saturated rings. The summed E-state index contributed by atoms with van der Waals surface area (Å²) in [5.41, 5.74) is 1.60. The molecule has 2 aliphatic heterocycles. The van der Waals surface area contributed by atoms with E-state index in [2.05, 4.69) is 0 Å². The second-order valence-electron chi connectivity index (χ2n) is 8.31. The van der Waals surface area contributed by atoms with Gasteiger partial charge < -0.3 is 23.7 Å². The monoisotopic (exact) mass is 435 g/mol. The predicted molar refractivity (Wildman–Crippen MR) is 119 cm³/mol. The normalized spacial score (nSPS) is 18.8. The molecule has 2 aliphatic rings. The van der Waals surface area contributed by atoms with Gasteiger partial charge in [-0.1, -0.05) is 24.3 Å². The topological polar surface area (TPSA) is 73.4 Å². The first-order valence-corrected chi connectivity index (χ1v) is 11.1. The molecule has 0 unspecified atom stereocenters. The first kappa shape index (κ1) is 20.7. The Kier molecular flexibility index (Phi) is 5.68. The van der Waals surface area contributed by atoms with Crippen molar-refractivity contribution < 1.29 is 23.6 Å². The maximum atomic E-state index is 13.5. The lowest BCUT2D eigenvalue weighted by molar-refractivity contribution is -0.908. The quantitative estimate of drug-likeness (QED) is 0.638. The number of carbonyl (C=O) groups excluding carboxylic acids is 1. The number of amides is 1. The van der Waals surface area contributed by atoms with Crippen molar-refractivity contribution in [2.24, 2.45) is 0 Å². The van der Waals surface area contributed by atoms with Gasteiger partial charge >= 0.3 is 0 Å². The minimum atomic E-state index is -0.469. The smallest absolute Gasteiger partial charge is 0.290 e. The lowest BCUT2D eigenvalue weighted by atomic mass is 9.98. The Bertz CT molecular complexity index is 1180. The molecule has 0 radical (unpaired) electrons. The molecule has 3 heterocycles. The number of ether oxygens (including phenoxy) is 2. The maximum Gasteiger partial charge on any atom is 0.290 e. The fraction of sp³-hybridized carbons (Fsp3) is 0.360. The Morgan fingerprint density at radius 1 is 1.06 bits per heavy atom. The van der Waals surface area contributed by atoms with Crippen LogP contribution in [0.3, 0.4) is 0 Å². The summed E-state index contributed by atoms with van der Waals surface area (Å²) in [5.74, 6) is 0.667. The van der Waals surface area contributed by atoms with Gasteiger partial charge in [0.2, 0.25) is 5.76 Å². The average molecular weight is 436 g/mol. The van der Waals surface area contributed by atoms with Gasteiger partial charge in [-0.15, -0.1) is 0 Å².